The Kier molecular flexibility index (Phi) is 4.11. The zero-order valence-corrected chi connectivity index (χ0v) is 12.4. The molecule has 2 aromatic carbocycles. The van der Waals surface area contributed by atoms with E-state index in [1.807, 2.05) is 25.1 Å². The summed E-state index contributed by atoms with van der Waals surface area (Å²) in [5, 5.41) is 0. The fourth-order valence-electron chi connectivity index (χ4n) is 2.06. The number of aryl methyl sites for hydroxylation is 1. The topological polar surface area (TPSA) is 72.2 Å². The Hall–Kier alpha value is -1.85. The maximum Gasteiger partial charge on any atom is 0.262 e. The van der Waals surface area contributed by atoms with Gasteiger partial charge in [-0.15, -0.1) is 0 Å². The fourth-order valence-corrected chi connectivity index (χ4v) is 3.48. The van der Waals surface area contributed by atoms with Crippen molar-refractivity contribution in [1.29, 1.82) is 0 Å². The second kappa shape index (κ2) is 5.64. The van der Waals surface area contributed by atoms with Gasteiger partial charge in [0.1, 0.15) is 0 Å². The van der Waals surface area contributed by atoms with Gasteiger partial charge in [0.15, 0.2) is 0 Å². The first kappa shape index (κ1) is 14.6. The van der Waals surface area contributed by atoms with Crippen molar-refractivity contribution in [3.8, 4) is 0 Å². The van der Waals surface area contributed by atoms with Crippen LogP contribution in [-0.2, 0) is 16.6 Å². The average Bonchev–Trinajstić information content (AvgIpc) is 2.41. The molecule has 0 heterocycles. The van der Waals surface area contributed by atoms with Crippen LogP contribution in [0.3, 0.4) is 0 Å². The number of hydrogen-bond donors (Lipinski definition) is 2. The molecule has 0 aliphatic rings. The van der Waals surface area contributed by atoms with E-state index in [1.54, 1.807) is 31.2 Å². The summed E-state index contributed by atoms with van der Waals surface area (Å²) in [6.07, 6.45) is 0. The van der Waals surface area contributed by atoms with Crippen LogP contribution < -0.4 is 10.5 Å². The van der Waals surface area contributed by atoms with Crippen LogP contribution in [-0.4, -0.2) is 8.42 Å². The Balaban J connectivity index is 2.44. The lowest BCUT2D eigenvalue weighted by molar-refractivity contribution is 0.600. The van der Waals surface area contributed by atoms with E-state index in [-0.39, 0.29) is 4.90 Å². The monoisotopic (exact) mass is 290 g/mol. The molecule has 0 spiro atoms. The van der Waals surface area contributed by atoms with Crippen molar-refractivity contribution in [3.05, 3.63) is 59.2 Å². The number of hydrogen-bond acceptors (Lipinski definition) is 3. The SMILES string of the molecule is Cc1ccccc1NS(=O)(=O)c1cccc(CN)c1C. The van der Waals surface area contributed by atoms with Crippen LogP contribution in [0.15, 0.2) is 47.4 Å². The van der Waals surface area contributed by atoms with Gasteiger partial charge in [-0.05, 0) is 42.7 Å². The Labute approximate surface area is 119 Å². The number of benzene rings is 2. The average molecular weight is 290 g/mol. The number of rotatable bonds is 4. The van der Waals surface area contributed by atoms with Crippen molar-refractivity contribution in [2.45, 2.75) is 25.3 Å². The lowest BCUT2D eigenvalue weighted by Crippen LogP contribution is -2.16. The molecule has 0 saturated carbocycles. The quantitative estimate of drug-likeness (QED) is 0.909. The minimum atomic E-state index is -3.60. The number of sulfonamides is 1. The summed E-state index contributed by atoms with van der Waals surface area (Å²) in [6.45, 7) is 3.95. The lowest BCUT2D eigenvalue weighted by Gasteiger charge is -2.14. The molecule has 2 rings (SSSR count). The van der Waals surface area contributed by atoms with Crippen molar-refractivity contribution in [2.75, 3.05) is 4.72 Å². The van der Waals surface area contributed by atoms with Gasteiger partial charge in [-0.25, -0.2) is 8.42 Å². The van der Waals surface area contributed by atoms with Gasteiger partial charge in [-0.2, -0.15) is 0 Å². The first-order chi connectivity index (χ1) is 9.45. The van der Waals surface area contributed by atoms with E-state index in [2.05, 4.69) is 4.72 Å². The molecule has 2 aromatic rings. The second-order valence-electron chi connectivity index (χ2n) is 4.66. The van der Waals surface area contributed by atoms with Gasteiger partial charge >= 0.3 is 0 Å². The summed E-state index contributed by atoms with van der Waals surface area (Å²) in [6, 6.07) is 12.4. The highest BCUT2D eigenvalue weighted by Gasteiger charge is 2.18. The van der Waals surface area contributed by atoms with Gasteiger partial charge in [0.25, 0.3) is 10.0 Å². The summed E-state index contributed by atoms with van der Waals surface area (Å²) in [5.41, 5.74) is 8.61. The normalized spacial score (nSPS) is 11.3. The Morgan fingerprint density at radius 1 is 1.05 bits per heavy atom. The van der Waals surface area contributed by atoms with E-state index in [9.17, 15) is 8.42 Å². The Morgan fingerprint density at radius 3 is 2.40 bits per heavy atom. The molecule has 0 atom stereocenters. The number of para-hydroxylation sites is 1. The van der Waals surface area contributed by atoms with Crippen molar-refractivity contribution < 1.29 is 8.42 Å². The molecule has 0 saturated heterocycles. The highest BCUT2D eigenvalue weighted by molar-refractivity contribution is 7.92. The molecule has 4 nitrogen and oxygen atoms in total. The van der Waals surface area contributed by atoms with E-state index in [1.165, 1.54) is 0 Å². The van der Waals surface area contributed by atoms with E-state index < -0.39 is 10.0 Å². The highest BCUT2D eigenvalue weighted by Crippen LogP contribution is 2.23. The molecule has 5 heteroatoms. The summed E-state index contributed by atoms with van der Waals surface area (Å²) >= 11 is 0. The van der Waals surface area contributed by atoms with E-state index in [0.717, 1.165) is 11.1 Å². The molecular formula is C15H18N2O2S. The summed E-state index contributed by atoms with van der Waals surface area (Å²) in [5.74, 6) is 0. The smallest absolute Gasteiger partial charge is 0.262 e. The minimum absolute atomic E-state index is 0.267. The molecule has 0 radical (unpaired) electrons. The minimum Gasteiger partial charge on any atom is -0.326 e. The zero-order chi connectivity index (χ0) is 14.8. The van der Waals surface area contributed by atoms with Gasteiger partial charge < -0.3 is 5.73 Å². The van der Waals surface area contributed by atoms with Crippen molar-refractivity contribution >= 4 is 15.7 Å². The van der Waals surface area contributed by atoms with Crippen LogP contribution in [0.4, 0.5) is 5.69 Å². The van der Waals surface area contributed by atoms with E-state index in [4.69, 9.17) is 5.73 Å². The number of anilines is 1. The van der Waals surface area contributed by atoms with Crippen LogP contribution >= 0.6 is 0 Å². The molecule has 20 heavy (non-hydrogen) atoms. The summed E-state index contributed by atoms with van der Waals surface area (Å²) in [4.78, 5) is 0.267. The van der Waals surface area contributed by atoms with Crippen LogP contribution in [0.1, 0.15) is 16.7 Å². The standard InChI is InChI=1S/C15H18N2O2S/c1-11-6-3-4-8-14(11)17-20(18,19)15-9-5-7-13(10-16)12(15)2/h3-9,17H,10,16H2,1-2H3. The molecule has 3 N–H and O–H groups in total. The van der Waals surface area contributed by atoms with E-state index in [0.29, 0.717) is 17.8 Å². The van der Waals surface area contributed by atoms with Crippen molar-refractivity contribution in [3.63, 3.8) is 0 Å². The maximum absolute atomic E-state index is 12.5. The third-order valence-corrected chi connectivity index (χ3v) is 4.81. The van der Waals surface area contributed by atoms with Gasteiger partial charge in [-0.3, -0.25) is 4.72 Å². The predicted molar refractivity (Wildman–Crippen MR) is 81.1 cm³/mol. The van der Waals surface area contributed by atoms with Gasteiger partial charge in [0.2, 0.25) is 0 Å². The molecule has 0 aliphatic heterocycles. The molecule has 0 aliphatic carbocycles. The fraction of sp³-hybridized carbons (Fsp3) is 0.200. The molecule has 0 fully saturated rings. The number of nitrogens with one attached hydrogen (secondary N) is 1. The van der Waals surface area contributed by atoms with Crippen LogP contribution in [0.25, 0.3) is 0 Å². The Bertz CT molecular complexity index is 724. The van der Waals surface area contributed by atoms with Crippen molar-refractivity contribution in [2.24, 2.45) is 5.73 Å². The number of nitrogens with two attached hydrogens (primary N) is 1. The van der Waals surface area contributed by atoms with Crippen LogP contribution in [0, 0.1) is 13.8 Å². The lowest BCUT2D eigenvalue weighted by atomic mass is 10.1. The molecule has 106 valence electrons. The van der Waals surface area contributed by atoms with Crippen molar-refractivity contribution in [1.82, 2.24) is 0 Å². The summed E-state index contributed by atoms with van der Waals surface area (Å²) in [7, 11) is -3.60. The molecule has 0 aromatic heterocycles. The van der Waals surface area contributed by atoms with Crippen LogP contribution in [0.5, 0.6) is 0 Å². The predicted octanol–water partition coefficient (Wildman–Crippen LogP) is 2.56. The Morgan fingerprint density at radius 2 is 1.75 bits per heavy atom. The zero-order valence-electron chi connectivity index (χ0n) is 11.6. The summed E-state index contributed by atoms with van der Waals surface area (Å²) < 4.78 is 27.6. The molecule has 0 unspecified atom stereocenters. The van der Waals surface area contributed by atoms with Gasteiger partial charge in [-0.1, -0.05) is 30.3 Å². The van der Waals surface area contributed by atoms with Gasteiger partial charge in [0, 0.05) is 6.54 Å². The largest absolute Gasteiger partial charge is 0.326 e. The second-order valence-corrected chi connectivity index (χ2v) is 6.32. The maximum atomic E-state index is 12.5. The van der Waals surface area contributed by atoms with Gasteiger partial charge in [0.05, 0.1) is 10.6 Å². The van der Waals surface area contributed by atoms with E-state index >= 15 is 0 Å². The third-order valence-electron chi connectivity index (χ3n) is 3.30. The molecule has 0 amide bonds. The molecule has 0 bridgehead atoms. The van der Waals surface area contributed by atoms with Crippen LogP contribution in [0.2, 0.25) is 0 Å². The first-order valence-corrected chi connectivity index (χ1v) is 7.81. The highest BCUT2D eigenvalue weighted by atomic mass is 32.2. The first-order valence-electron chi connectivity index (χ1n) is 6.32. The molecular weight excluding hydrogens is 272 g/mol. The third kappa shape index (κ3) is 2.84.